The van der Waals surface area contributed by atoms with Gasteiger partial charge in [-0.25, -0.2) is 4.79 Å². The summed E-state index contributed by atoms with van der Waals surface area (Å²) in [5, 5.41) is 25.1. The number of carboxylic acid groups (broad SMARTS) is 2. The van der Waals surface area contributed by atoms with Crippen LogP contribution in [-0.2, 0) is 14.4 Å². The van der Waals surface area contributed by atoms with Gasteiger partial charge in [0.15, 0.2) is 5.78 Å². The van der Waals surface area contributed by atoms with Gasteiger partial charge >= 0.3 is 11.9 Å². The summed E-state index contributed by atoms with van der Waals surface area (Å²) in [6.07, 6.45) is 0. The fourth-order valence-electron chi connectivity index (χ4n) is 0.436. The molecule has 0 spiro atoms. The van der Waals surface area contributed by atoms with Crippen LogP contribution < -0.4 is 5.73 Å². The molecule has 0 fully saturated rings. The molecule has 17 heavy (non-hydrogen) atoms. The van der Waals surface area contributed by atoms with E-state index < -0.39 is 29.4 Å². The van der Waals surface area contributed by atoms with Crippen LogP contribution in [0.1, 0.15) is 27.7 Å². The summed E-state index contributed by atoms with van der Waals surface area (Å²) in [4.78, 5) is 30.3. The van der Waals surface area contributed by atoms with E-state index in [1.807, 2.05) is 0 Å². The molecule has 2 atom stereocenters. The maximum Gasteiger partial charge on any atom is 0.343 e. The molecule has 0 aromatic rings. The lowest BCUT2D eigenvalue weighted by Gasteiger charge is -2.11. The molecule has 0 saturated carbocycles. The van der Waals surface area contributed by atoms with Gasteiger partial charge in [0.25, 0.3) is 0 Å². The normalized spacial score (nSPS) is 15.2. The summed E-state index contributed by atoms with van der Waals surface area (Å²) in [5.41, 5.74) is 2.94. The summed E-state index contributed by atoms with van der Waals surface area (Å²) in [7, 11) is 0. The van der Waals surface area contributed by atoms with Gasteiger partial charge in [-0.05, 0) is 19.8 Å². The summed E-state index contributed by atoms with van der Waals surface area (Å²) >= 11 is 0. The predicted molar refractivity (Wildman–Crippen MR) is 59.4 cm³/mol. The van der Waals surface area contributed by atoms with E-state index in [0.717, 1.165) is 13.8 Å². The lowest BCUT2D eigenvalue weighted by atomic mass is 10.0. The Balaban J connectivity index is 0. The van der Waals surface area contributed by atoms with Crippen molar-refractivity contribution in [2.24, 2.45) is 11.7 Å². The number of rotatable bonds is 4. The number of ketones is 1. The fourth-order valence-corrected chi connectivity index (χ4v) is 0.436. The van der Waals surface area contributed by atoms with Crippen LogP contribution in [0.4, 0.5) is 0 Å². The second-order valence-corrected chi connectivity index (χ2v) is 4.04. The molecule has 0 rings (SSSR count). The van der Waals surface area contributed by atoms with E-state index in [4.69, 9.17) is 21.1 Å². The van der Waals surface area contributed by atoms with Crippen LogP contribution in [0.5, 0.6) is 0 Å². The molecular weight excluding hydrogens is 230 g/mol. The van der Waals surface area contributed by atoms with Crippen molar-refractivity contribution in [1.82, 2.24) is 0 Å². The number of hydrogen-bond donors (Lipinski definition) is 4. The monoisotopic (exact) mass is 249 g/mol. The second-order valence-electron chi connectivity index (χ2n) is 4.04. The Kier molecular flexibility index (Phi) is 7.35. The summed E-state index contributed by atoms with van der Waals surface area (Å²) in [5.74, 6) is -3.20. The number of hydrogen-bond acceptors (Lipinski definition) is 5. The van der Waals surface area contributed by atoms with Gasteiger partial charge in [-0.15, -0.1) is 0 Å². The van der Waals surface area contributed by atoms with Gasteiger partial charge in [-0.2, -0.15) is 0 Å². The van der Waals surface area contributed by atoms with Gasteiger partial charge in [-0.1, -0.05) is 13.8 Å². The minimum Gasteiger partial charge on any atom is -0.480 e. The van der Waals surface area contributed by atoms with Crippen molar-refractivity contribution in [2.75, 3.05) is 0 Å². The van der Waals surface area contributed by atoms with Crippen molar-refractivity contribution in [3.63, 3.8) is 0 Å². The number of carboxylic acids is 2. The van der Waals surface area contributed by atoms with Crippen LogP contribution in [-0.4, -0.2) is 44.7 Å². The fraction of sp³-hybridized carbons (Fsp3) is 0.700. The Morgan fingerprint density at radius 3 is 1.53 bits per heavy atom. The molecular formula is C10H19NO6. The van der Waals surface area contributed by atoms with Gasteiger partial charge in [0, 0.05) is 0 Å². The molecule has 0 aromatic heterocycles. The zero-order valence-electron chi connectivity index (χ0n) is 10.3. The SMILES string of the molecule is CC(=O)C(C)(O)C(=O)O.CC(C)[C@H](N)C(=O)O. The molecule has 0 bridgehead atoms. The zero-order chi connectivity index (χ0) is 14.4. The van der Waals surface area contributed by atoms with Crippen LogP contribution in [0.3, 0.4) is 0 Å². The predicted octanol–water partition coefficient (Wildman–Crippen LogP) is -0.535. The summed E-state index contributed by atoms with van der Waals surface area (Å²) < 4.78 is 0. The van der Waals surface area contributed by atoms with E-state index in [-0.39, 0.29) is 5.92 Å². The first kappa shape index (κ1) is 17.9. The smallest absolute Gasteiger partial charge is 0.343 e. The summed E-state index contributed by atoms with van der Waals surface area (Å²) in [6, 6.07) is -0.713. The molecule has 7 nitrogen and oxygen atoms in total. The Morgan fingerprint density at radius 2 is 1.53 bits per heavy atom. The largest absolute Gasteiger partial charge is 0.480 e. The molecule has 0 aromatic carbocycles. The van der Waals surface area contributed by atoms with Crippen molar-refractivity contribution in [1.29, 1.82) is 0 Å². The molecule has 0 aliphatic carbocycles. The van der Waals surface area contributed by atoms with Crippen LogP contribution in [0, 0.1) is 5.92 Å². The highest BCUT2D eigenvalue weighted by molar-refractivity contribution is 6.04. The first-order valence-corrected chi connectivity index (χ1v) is 4.89. The van der Waals surface area contributed by atoms with E-state index in [9.17, 15) is 14.4 Å². The Morgan fingerprint density at radius 1 is 1.18 bits per heavy atom. The molecule has 1 unspecified atom stereocenters. The summed E-state index contributed by atoms with van der Waals surface area (Å²) in [6.45, 7) is 5.52. The topological polar surface area (TPSA) is 138 Å². The Labute approximate surface area is 99.2 Å². The van der Waals surface area contributed by atoms with Crippen molar-refractivity contribution in [2.45, 2.75) is 39.3 Å². The van der Waals surface area contributed by atoms with Crippen molar-refractivity contribution < 1.29 is 29.7 Å². The van der Waals surface area contributed by atoms with E-state index in [2.05, 4.69) is 0 Å². The van der Waals surface area contributed by atoms with Crippen molar-refractivity contribution >= 4 is 17.7 Å². The maximum atomic E-state index is 10.3. The standard InChI is InChI=1S/C5H11NO2.C5H8O4/c1-3(2)4(6)5(7)8;1-3(6)5(2,9)4(7)8/h3-4H,6H2,1-2H3,(H,7,8);9H,1-2H3,(H,7,8)/t4-;/m0./s1. The third kappa shape index (κ3) is 6.64. The number of aliphatic hydroxyl groups is 1. The van der Waals surface area contributed by atoms with Gasteiger partial charge in [0.05, 0.1) is 0 Å². The molecule has 0 radical (unpaired) electrons. The molecule has 0 aliphatic heterocycles. The van der Waals surface area contributed by atoms with Crippen LogP contribution in [0.2, 0.25) is 0 Å². The lowest BCUT2D eigenvalue weighted by molar-refractivity contribution is -0.162. The minimum absolute atomic E-state index is 0.0208. The third-order valence-electron chi connectivity index (χ3n) is 2.11. The molecule has 7 heteroatoms. The van der Waals surface area contributed by atoms with Gasteiger partial charge in [0.2, 0.25) is 5.60 Å². The average molecular weight is 249 g/mol. The van der Waals surface area contributed by atoms with E-state index in [1.54, 1.807) is 13.8 Å². The van der Waals surface area contributed by atoms with Crippen LogP contribution >= 0.6 is 0 Å². The molecule has 100 valence electrons. The Bertz CT molecular complexity index is 281. The minimum atomic E-state index is -2.22. The number of nitrogens with two attached hydrogens (primary N) is 1. The average Bonchev–Trinajstić information content (AvgIpc) is 2.16. The van der Waals surface area contributed by atoms with Gasteiger partial charge in [-0.3, -0.25) is 9.59 Å². The van der Waals surface area contributed by atoms with Crippen molar-refractivity contribution in [3.8, 4) is 0 Å². The van der Waals surface area contributed by atoms with Crippen LogP contribution in [0.25, 0.3) is 0 Å². The molecule has 5 N–H and O–H groups in total. The third-order valence-corrected chi connectivity index (χ3v) is 2.11. The molecule has 0 saturated heterocycles. The maximum absolute atomic E-state index is 10.3. The number of carbonyl (C=O) groups excluding carboxylic acids is 1. The van der Waals surface area contributed by atoms with E-state index >= 15 is 0 Å². The highest BCUT2D eigenvalue weighted by Crippen LogP contribution is 2.03. The molecule has 0 amide bonds. The van der Waals surface area contributed by atoms with E-state index in [1.165, 1.54) is 0 Å². The highest BCUT2D eigenvalue weighted by atomic mass is 16.4. The first-order valence-electron chi connectivity index (χ1n) is 4.89. The van der Waals surface area contributed by atoms with Gasteiger partial charge < -0.3 is 21.1 Å². The van der Waals surface area contributed by atoms with Crippen molar-refractivity contribution in [3.05, 3.63) is 0 Å². The number of carbonyl (C=O) groups is 3. The number of Topliss-reactive ketones (excluding diaryl/α,β-unsaturated/α-hetero) is 1. The molecule has 0 aliphatic rings. The zero-order valence-corrected chi connectivity index (χ0v) is 10.3. The quantitative estimate of drug-likeness (QED) is 0.491. The highest BCUT2D eigenvalue weighted by Gasteiger charge is 2.35. The molecule has 0 heterocycles. The number of aliphatic carboxylic acids is 2. The first-order chi connectivity index (χ1) is 7.44. The van der Waals surface area contributed by atoms with E-state index in [0.29, 0.717) is 0 Å². The Hall–Kier alpha value is -1.47. The lowest BCUT2D eigenvalue weighted by Crippen LogP contribution is -2.41. The second kappa shape index (κ2) is 6.97. The van der Waals surface area contributed by atoms with Crippen LogP contribution in [0.15, 0.2) is 0 Å². The van der Waals surface area contributed by atoms with Gasteiger partial charge in [0.1, 0.15) is 6.04 Å².